The Labute approximate surface area is 213 Å². The number of rotatable bonds is 4. The zero-order chi connectivity index (χ0) is 26.0. The van der Waals surface area contributed by atoms with Gasteiger partial charge in [-0.15, -0.1) is 21.9 Å². The van der Waals surface area contributed by atoms with Crippen LogP contribution in [0.5, 0.6) is 0 Å². The van der Waals surface area contributed by atoms with Crippen molar-refractivity contribution in [1.29, 1.82) is 0 Å². The van der Waals surface area contributed by atoms with Crippen LogP contribution in [0.4, 0.5) is 8.78 Å². The normalized spacial score (nSPS) is 18.9. The summed E-state index contributed by atoms with van der Waals surface area (Å²) in [4.78, 5) is 12.8. The first-order valence-corrected chi connectivity index (χ1v) is 12.5. The Morgan fingerprint density at radius 3 is 1.94 bits per heavy atom. The Hall–Kier alpha value is -2.31. The zero-order valence-corrected chi connectivity index (χ0v) is 22.3. The summed E-state index contributed by atoms with van der Waals surface area (Å²) in [5, 5.41) is 0.981. The van der Waals surface area contributed by atoms with Crippen molar-refractivity contribution in [2.75, 3.05) is 13.2 Å². The molecule has 4 rings (SSSR count). The van der Waals surface area contributed by atoms with Gasteiger partial charge in [0.15, 0.2) is 0 Å². The van der Waals surface area contributed by atoms with Gasteiger partial charge in [-0.25, -0.2) is 13.6 Å². The first kappa shape index (κ1) is 28.9. The minimum Gasteiger partial charge on any atom is -0.454 e. The molecule has 1 aliphatic heterocycles. The molecule has 1 saturated heterocycles. The van der Waals surface area contributed by atoms with Crippen molar-refractivity contribution in [1.82, 2.24) is 0 Å². The Bertz CT molecular complexity index is 1040. The van der Waals surface area contributed by atoms with Crippen molar-refractivity contribution < 1.29 is 27.8 Å². The molecule has 35 heavy (non-hydrogen) atoms. The third-order valence-corrected chi connectivity index (χ3v) is 5.57. The van der Waals surface area contributed by atoms with E-state index in [0.29, 0.717) is 16.0 Å². The molecule has 1 fully saturated rings. The van der Waals surface area contributed by atoms with Crippen LogP contribution in [-0.4, -0.2) is 25.3 Å². The maximum Gasteiger partial charge on any atom is 0.341 e. The van der Waals surface area contributed by atoms with Gasteiger partial charge in [-0.1, -0.05) is 64.1 Å². The van der Waals surface area contributed by atoms with Crippen LogP contribution in [0.25, 0.3) is 0 Å². The number of hydrogen-bond acceptors (Lipinski definition) is 5. The quantitative estimate of drug-likeness (QED) is 0.250. The minimum atomic E-state index is -1.28. The lowest BCUT2D eigenvalue weighted by molar-refractivity contribution is -0.277. The number of ether oxygens (including phenoxy) is 3. The van der Waals surface area contributed by atoms with Gasteiger partial charge in [0.1, 0.15) is 17.7 Å². The first-order valence-electron chi connectivity index (χ1n) is 11.5. The topological polar surface area (TPSA) is 44.8 Å². The van der Waals surface area contributed by atoms with E-state index in [2.05, 4.69) is 21.9 Å². The van der Waals surface area contributed by atoms with Gasteiger partial charge in [0.2, 0.25) is 5.79 Å². The van der Waals surface area contributed by atoms with E-state index >= 15 is 0 Å². The SMILES string of the molecule is CC.CC.O=C(OC1COC(c2ccc(F)cc2)(c2ccc(P)cc2)OC1)c1ccc(S)cc1F. The van der Waals surface area contributed by atoms with Gasteiger partial charge in [-0.2, -0.15) is 0 Å². The zero-order valence-electron chi connectivity index (χ0n) is 20.3. The van der Waals surface area contributed by atoms with Crippen LogP contribution in [0.1, 0.15) is 49.2 Å². The van der Waals surface area contributed by atoms with E-state index in [1.807, 2.05) is 52.0 Å². The lowest BCUT2D eigenvalue weighted by atomic mass is 9.96. The fraction of sp³-hybridized carbons (Fsp3) is 0.296. The molecular weight excluding hydrogens is 489 g/mol. The van der Waals surface area contributed by atoms with E-state index in [1.165, 1.54) is 24.3 Å². The molecule has 188 valence electrons. The largest absolute Gasteiger partial charge is 0.454 e. The Morgan fingerprint density at radius 1 is 0.914 bits per heavy atom. The maximum atomic E-state index is 14.0. The molecule has 1 unspecified atom stereocenters. The van der Waals surface area contributed by atoms with E-state index < -0.39 is 23.7 Å². The standard InChI is InChI=1S/C23H19F2O4PS.2C2H6/c24-16-5-1-14(2-6-16)23(15-3-7-18(30)8-4-15)27-12-17(13-28-23)29-22(26)20-10-9-19(31)11-21(20)25;2*1-2/h1-11,17,31H,12-13,30H2;2*1-2H3. The molecule has 4 nitrogen and oxygen atoms in total. The number of hydrogen-bond donors (Lipinski definition) is 1. The van der Waals surface area contributed by atoms with Crippen molar-refractivity contribution in [3.8, 4) is 0 Å². The molecule has 0 saturated carbocycles. The lowest BCUT2D eigenvalue weighted by Crippen LogP contribution is -2.46. The van der Waals surface area contributed by atoms with Crippen LogP contribution < -0.4 is 5.30 Å². The number of halogens is 2. The van der Waals surface area contributed by atoms with Gasteiger partial charge in [-0.05, 0) is 35.6 Å². The van der Waals surface area contributed by atoms with Gasteiger partial charge in [-0.3, -0.25) is 0 Å². The van der Waals surface area contributed by atoms with E-state index in [4.69, 9.17) is 14.2 Å². The predicted molar refractivity (Wildman–Crippen MR) is 140 cm³/mol. The molecule has 0 aliphatic carbocycles. The number of thiol groups is 1. The van der Waals surface area contributed by atoms with Crippen LogP contribution in [0.2, 0.25) is 0 Å². The van der Waals surface area contributed by atoms with Gasteiger partial charge in [0, 0.05) is 16.0 Å². The van der Waals surface area contributed by atoms with Crippen molar-refractivity contribution in [3.63, 3.8) is 0 Å². The molecule has 0 aromatic heterocycles. The van der Waals surface area contributed by atoms with Gasteiger partial charge in [0.05, 0.1) is 18.8 Å². The highest BCUT2D eigenvalue weighted by molar-refractivity contribution is 7.80. The molecule has 0 spiro atoms. The highest BCUT2D eigenvalue weighted by Gasteiger charge is 2.42. The molecule has 1 atom stereocenters. The summed E-state index contributed by atoms with van der Waals surface area (Å²) >= 11 is 4.04. The fourth-order valence-corrected chi connectivity index (χ4v) is 3.72. The molecule has 0 bridgehead atoms. The number of benzene rings is 3. The molecule has 3 aromatic rings. The summed E-state index contributed by atoms with van der Waals surface area (Å²) in [5.74, 6) is -3.19. The van der Waals surface area contributed by atoms with Crippen molar-refractivity contribution in [2.45, 2.75) is 44.5 Å². The second-order valence-electron chi connectivity index (χ2n) is 7.06. The average Bonchev–Trinajstić information content (AvgIpc) is 2.88. The highest BCUT2D eigenvalue weighted by atomic mass is 32.1. The number of carbonyl (C=O) groups is 1. The van der Waals surface area contributed by atoms with Crippen LogP contribution in [-0.2, 0) is 20.0 Å². The summed E-state index contributed by atoms with van der Waals surface area (Å²) < 4.78 is 45.1. The number of esters is 1. The van der Waals surface area contributed by atoms with Crippen LogP contribution >= 0.6 is 21.9 Å². The lowest BCUT2D eigenvalue weighted by Gasteiger charge is -2.40. The van der Waals surface area contributed by atoms with Crippen molar-refractivity contribution in [3.05, 3.63) is 95.1 Å². The summed E-state index contributed by atoms with van der Waals surface area (Å²) in [6, 6.07) is 17.3. The Morgan fingerprint density at radius 2 is 1.43 bits per heavy atom. The molecule has 0 N–H and O–H groups in total. The van der Waals surface area contributed by atoms with Crippen LogP contribution in [0.3, 0.4) is 0 Å². The van der Waals surface area contributed by atoms with Crippen molar-refractivity contribution in [2.24, 2.45) is 0 Å². The summed E-state index contributed by atoms with van der Waals surface area (Å²) in [6.45, 7) is 8.02. The van der Waals surface area contributed by atoms with Crippen LogP contribution in [0, 0.1) is 11.6 Å². The molecule has 0 amide bonds. The molecule has 8 heteroatoms. The second-order valence-corrected chi connectivity index (χ2v) is 8.24. The van der Waals surface area contributed by atoms with Crippen LogP contribution in [0.15, 0.2) is 71.6 Å². The van der Waals surface area contributed by atoms with Gasteiger partial charge >= 0.3 is 5.97 Å². The van der Waals surface area contributed by atoms with E-state index in [9.17, 15) is 13.6 Å². The summed E-state index contributed by atoms with van der Waals surface area (Å²) in [7, 11) is 2.60. The Balaban J connectivity index is 0.00000103. The van der Waals surface area contributed by atoms with E-state index in [-0.39, 0.29) is 24.6 Å². The van der Waals surface area contributed by atoms with E-state index in [1.54, 1.807) is 12.1 Å². The second kappa shape index (κ2) is 13.7. The highest BCUT2D eigenvalue weighted by Crippen LogP contribution is 2.38. The molecule has 3 aromatic carbocycles. The monoisotopic (exact) mass is 520 g/mol. The molecule has 0 radical (unpaired) electrons. The maximum absolute atomic E-state index is 14.0. The number of carbonyl (C=O) groups excluding carboxylic acids is 1. The minimum absolute atomic E-state index is 0.0119. The smallest absolute Gasteiger partial charge is 0.341 e. The molecule has 1 heterocycles. The molecular formula is C27H31F2O4PS. The average molecular weight is 521 g/mol. The molecule has 1 aliphatic rings. The third kappa shape index (κ3) is 7.11. The Kier molecular flexibility index (Phi) is 11.3. The van der Waals surface area contributed by atoms with Gasteiger partial charge in [0.25, 0.3) is 0 Å². The summed E-state index contributed by atoms with van der Waals surface area (Å²) in [5.41, 5.74) is 1.13. The fourth-order valence-electron chi connectivity index (χ4n) is 3.33. The van der Waals surface area contributed by atoms with E-state index in [0.717, 1.165) is 11.4 Å². The van der Waals surface area contributed by atoms with Crippen molar-refractivity contribution >= 4 is 33.1 Å². The predicted octanol–water partition coefficient (Wildman–Crippen LogP) is 6.28. The van der Waals surface area contributed by atoms with Gasteiger partial charge < -0.3 is 14.2 Å². The first-order chi connectivity index (χ1) is 16.9. The third-order valence-electron chi connectivity index (χ3n) is 4.91. The summed E-state index contributed by atoms with van der Waals surface area (Å²) in [6.07, 6.45) is -0.739.